The number of halogens is 1. The molecule has 0 unspecified atom stereocenters. The van der Waals surface area contributed by atoms with Gasteiger partial charge in [-0.3, -0.25) is 14.8 Å². The number of aromatic nitrogens is 2. The number of carboxylic acid groups (broad SMARTS) is 1. The zero-order valence-electron chi connectivity index (χ0n) is 13.1. The number of allylic oxidation sites excluding steroid dienone is 2. The average molecular weight is 332 g/mol. The van der Waals surface area contributed by atoms with Gasteiger partial charge >= 0.3 is 5.97 Å². The summed E-state index contributed by atoms with van der Waals surface area (Å²) in [6, 6.07) is 10.2. The van der Waals surface area contributed by atoms with Gasteiger partial charge in [0.15, 0.2) is 0 Å². The molecule has 2 aromatic carbocycles. The van der Waals surface area contributed by atoms with Crippen LogP contribution in [0.25, 0.3) is 28.3 Å². The summed E-state index contributed by atoms with van der Waals surface area (Å²) in [5, 5.41) is 9.09. The van der Waals surface area contributed by atoms with E-state index < -0.39 is 5.97 Å². The van der Waals surface area contributed by atoms with Crippen molar-refractivity contribution >= 4 is 34.2 Å². The highest BCUT2D eigenvalue weighted by atomic mass is 19.1. The molecule has 1 aliphatic rings. The van der Waals surface area contributed by atoms with E-state index in [1.54, 1.807) is 24.5 Å². The minimum atomic E-state index is -0.941. The van der Waals surface area contributed by atoms with Crippen LogP contribution in [0.2, 0.25) is 0 Å². The van der Waals surface area contributed by atoms with Crippen LogP contribution in [0, 0.1) is 5.82 Å². The molecule has 0 aliphatic heterocycles. The van der Waals surface area contributed by atoms with Gasteiger partial charge in [-0.15, -0.1) is 0 Å². The molecule has 0 saturated carbocycles. The zero-order valence-corrected chi connectivity index (χ0v) is 13.1. The summed E-state index contributed by atoms with van der Waals surface area (Å²) in [5.74, 6) is -1.32. The second-order valence-electron chi connectivity index (χ2n) is 5.83. The largest absolute Gasteiger partial charge is 0.481 e. The Morgan fingerprint density at radius 3 is 2.64 bits per heavy atom. The first-order valence-electron chi connectivity index (χ1n) is 7.75. The summed E-state index contributed by atoms with van der Waals surface area (Å²) in [6.07, 6.45) is 6.89. The van der Waals surface area contributed by atoms with Crippen LogP contribution in [0.3, 0.4) is 0 Å². The van der Waals surface area contributed by atoms with Crippen LogP contribution < -0.4 is 0 Å². The van der Waals surface area contributed by atoms with E-state index in [4.69, 9.17) is 5.11 Å². The summed E-state index contributed by atoms with van der Waals surface area (Å²) in [6.45, 7) is 0. The van der Waals surface area contributed by atoms with E-state index in [1.165, 1.54) is 12.1 Å². The predicted octanol–water partition coefficient (Wildman–Crippen LogP) is 4.18. The van der Waals surface area contributed by atoms with Gasteiger partial charge in [-0.2, -0.15) is 0 Å². The number of rotatable bonds is 3. The van der Waals surface area contributed by atoms with Crippen LogP contribution in [0.5, 0.6) is 0 Å². The van der Waals surface area contributed by atoms with Gasteiger partial charge in [0.05, 0.1) is 17.5 Å². The van der Waals surface area contributed by atoms with Gasteiger partial charge in [-0.05, 0) is 64.3 Å². The third-order valence-electron chi connectivity index (χ3n) is 4.13. The third kappa shape index (κ3) is 2.92. The quantitative estimate of drug-likeness (QED) is 0.781. The molecule has 0 atom stereocenters. The molecular formula is C20H13FN2O2. The molecular weight excluding hydrogens is 319 g/mol. The normalized spacial score (nSPS) is 14.6. The van der Waals surface area contributed by atoms with E-state index in [9.17, 15) is 9.18 Å². The molecule has 0 spiro atoms. The van der Waals surface area contributed by atoms with Gasteiger partial charge in [-0.1, -0.05) is 12.1 Å². The molecule has 1 heterocycles. The summed E-state index contributed by atoms with van der Waals surface area (Å²) in [5.41, 5.74) is 5.44. The number of nitrogens with zero attached hydrogens (tertiary/aromatic N) is 2. The average Bonchev–Trinajstić information content (AvgIpc) is 2.91. The van der Waals surface area contributed by atoms with Gasteiger partial charge in [0, 0.05) is 12.4 Å². The lowest BCUT2D eigenvalue weighted by Gasteiger charge is -2.04. The summed E-state index contributed by atoms with van der Waals surface area (Å²) in [4.78, 5) is 19.6. The first-order chi connectivity index (χ1) is 12.1. The number of carboxylic acids is 1. The molecule has 25 heavy (non-hydrogen) atoms. The third-order valence-corrected chi connectivity index (χ3v) is 4.13. The highest BCUT2D eigenvalue weighted by Gasteiger charge is 2.20. The van der Waals surface area contributed by atoms with E-state index in [2.05, 4.69) is 9.97 Å². The Balaban J connectivity index is 1.82. The number of aliphatic carboxylic acids is 1. The first kappa shape index (κ1) is 15.2. The smallest absolute Gasteiger partial charge is 0.307 e. The molecule has 4 rings (SSSR count). The van der Waals surface area contributed by atoms with Crippen LogP contribution in [0.4, 0.5) is 4.39 Å². The van der Waals surface area contributed by atoms with Gasteiger partial charge in [0.2, 0.25) is 0 Å². The van der Waals surface area contributed by atoms with E-state index in [0.717, 1.165) is 27.7 Å². The van der Waals surface area contributed by atoms with Crippen LogP contribution in [0.1, 0.15) is 23.1 Å². The molecule has 0 amide bonds. The van der Waals surface area contributed by atoms with Crippen molar-refractivity contribution in [3.63, 3.8) is 0 Å². The van der Waals surface area contributed by atoms with Crippen molar-refractivity contribution in [1.29, 1.82) is 0 Å². The summed E-state index contributed by atoms with van der Waals surface area (Å²) >= 11 is 0. The topological polar surface area (TPSA) is 63.1 Å². The number of benzene rings is 2. The standard InChI is InChI=1S/C20H13FN2O2/c21-15-2-3-16-13(9-14(10-20(24)25)17(16)11-15)7-12-1-4-18-19(8-12)23-6-5-22-18/h1-9,11H,10H2,(H,24,25)/b13-7+. The van der Waals surface area contributed by atoms with Crippen molar-refractivity contribution in [1.82, 2.24) is 9.97 Å². The minimum Gasteiger partial charge on any atom is -0.481 e. The van der Waals surface area contributed by atoms with Crippen LogP contribution in [-0.2, 0) is 4.79 Å². The Kier molecular flexibility index (Phi) is 3.61. The second kappa shape index (κ2) is 5.94. The van der Waals surface area contributed by atoms with Crippen LogP contribution >= 0.6 is 0 Å². The molecule has 0 saturated heterocycles. The highest BCUT2D eigenvalue weighted by molar-refractivity contribution is 6.04. The van der Waals surface area contributed by atoms with E-state index in [0.29, 0.717) is 11.1 Å². The molecule has 1 N–H and O–H groups in total. The lowest BCUT2D eigenvalue weighted by molar-refractivity contribution is -0.135. The van der Waals surface area contributed by atoms with Crippen molar-refractivity contribution in [2.75, 3.05) is 0 Å². The fraction of sp³-hybridized carbons (Fsp3) is 0.0500. The highest BCUT2D eigenvalue weighted by Crippen LogP contribution is 2.38. The molecule has 3 aromatic rings. The van der Waals surface area contributed by atoms with Crippen molar-refractivity contribution in [3.8, 4) is 0 Å². The molecule has 1 aromatic heterocycles. The lowest BCUT2D eigenvalue weighted by atomic mass is 10.0. The molecule has 0 radical (unpaired) electrons. The summed E-state index contributed by atoms with van der Waals surface area (Å²) in [7, 11) is 0. The van der Waals surface area contributed by atoms with Gasteiger partial charge in [0.25, 0.3) is 0 Å². The SMILES string of the molecule is O=C(O)CC1=C/C(=C\c2ccc3nccnc3c2)c2ccc(F)cc21. The second-order valence-corrected chi connectivity index (χ2v) is 5.83. The fourth-order valence-corrected chi connectivity index (χ4v) is 3.06. The van der Waals surface area contributed by atoms with Crippen LogP contribution in [0.15, 0.2) is 54.9 Å². The van der Waals surface area contributed by atoms with E-state index in [1.807, 2.05) is 24.3 Å². The molecule has 122 valence electrons. The minimum absolute atomic E-state index is 0.142. The maximum Gasteiger partial charge on any atom is 0.307 e. The van der Waals surface area contributed by atoms with Crippen molar-refractivity contribution in [3.05, 3.63) is 77.4 Å². The fourth-order valence-electron chi connectivity index (χ4n) is 3.06. The Bertz CT molecular complexity index is 1070. The van der Waals surface area contributed by atoms with Crippen molar-refractivity contribution < 1.29 is 14.3 Å². The molecule has 0 fully saturated rings. The van der Waals surface area contributed by atoms with Crippen molar-refractivity contribution in [2.45, 2.75) is 6.42 Å². The monoisotopic (exact) mass is 332 g/mol. The Hall–Kier alpha value is -3.34. The van der Waals surface area contributed by atoms with Gasteiger partial charge < -0.3 is 5.11 Å². The maximum absolute atomic E-state index is 13.6. The Labute approximate surface area is 143 Å². The Morgan fingerprint density at radius 2 is 1.84 bits per heavy atom. The van der Waals surface area contributed by atoms with Gasteiger partial charge in [0.1, 0.15) is 5.82 Å². The maximum atomic E-state index is 13.6. The lowest BCUT2D eigenvalue weighted by Crippen LogP contribution is -1.96. The molecule has 5 heteroatoms. The zero-order chi connectivity index (χ0) is 17.4. The number of fused-ring (bicyclic) bond motifs is 2. The Morgan fingerprint density at radius 1 is 1.04 bits per heavy atom. The van der Waals surface area contributed by atoms with E-state index in [-0.39, 0.29) is 12.2 Å². The van der Waals surface area contributed by atoms with Crippen molar-refractivity contribution in [2.24, 2.45) is 0 Å². The molecule has 4 nitrogen and oxygen atoms in total. The molecule has 0 bridgehead atoms. The molecule has 1 aliphatic carbocycles. The summed E-state index contributed by atoms with van der Waals surface area (Å²) < 4.78 is 13.6. The number of carbonyl (C=O) groups is 1. The number of hydrogen-bond donors (Lipinski definition) is 1. The van der Waals surface area contributed by atoms with Crippen LogP contribution in [-0.4, -0.2) is 21.0 Å². The first-order valence-corrected chi connectivity index (χ1v) is 7.75. The predicted molar refractivity (Wildman–Crippen MR) is 94.0 cm³/mol. The van der Waals surface area contributed by atoms with Gasteiger partial charge in [-0.25, -0.2) is 4.39 Å². The number of hydrogen-bond acceptors (Lipinski definition) is 3. The van der Waals surface area contributed by atoms with E-state index >= 15 is 0 Å².